The Kier molecular flexibility index (Phi) is 5.34. The van der Waals surface area contributed by atoms with Gasteiger partial charge in [0.15, 0.2) is 0 Å². The molecule has 0 aliphatic carbocycles. The van der Waals surface area contributed by atoms with E-state index in [1.165, 1.54) is 12.1 Å². The van der Waals surface area contributed by atoms with E-state index in [2.05, 4.69) is 5.32 Å². The Morgan fingerprint density at radius 3 is 2.64 bits per heavy atom. The summed E-state index contributed by atoms with van der Waals surface area (Å²) in [6.45, 7) is 1.09. The fraction of sp³-hybridized carbons (Fsp3) is 0.263. The van der Waals surface area contributed by atoms with Gasteiger partial charge in [0.25, 0.3) is 0 Å². The summed E-state index contributed by atoms with van der Waals surface area (Å²) >= 11 is 6.13. The molecule has 1 heterocycles. The highest BCUT2D eigenvalue weighted by Gasteiger charge is 2.34. The minimum atomic E-state index is -0.379. The first-order chi connectivity index (χ1) is 12.0. The predicted octanol–water partition coefficient (Wildman–Crippen LogP) is 3.14. The molecule has 1 aliphatic heterocycles. The number of hydrogen-bond acceptors (Lipinski definition) is 2. The molecule has 4 nitrogen and oxygen atoms in total. The van der Waals surface area contributed by atoms with Crippen molar-refractivity contribution in [1.29, 1.82) is 0 Å². The number of rotatable bonds is 5. The second-order valence-corrected chi connectivity index (χ2v) is 6.52. The summed E-state index contributed by atoms with van der Waals surface area (Å²) in [5.74, 6) is -0.914. The molecule has 0 aromatic heterocycles. The Morgan fingerprint density at radius 1 is 1.20 bits per heavy atom. The second kappa shape index (κ2) is 7.66. The molecule has 0 saturated carbocycles. The zero-order valence-electron chi connectivity index (χ0n) is 13.5. The Morgan fingerprint density at radius 2 is 1.92 bits per heavy atom. The van der Waals surface area contributed by atoms with Crippen LogP contribution in [0.3, 0.4) is 0 Å². The zero-order chi connectivity index (χ0) is 17.8. The average Bonchev–Trinajstić information content (AvgIpc) is 2.97. The van der Waals surface area contributed by atoms with E-state index in [0.29, 0.717) is 24.7 Å². The van der Waals surface area contributed by atoms with E-state index >= 15 is 0 Å². The smallest absolute Gasteiger partial charge is 0.225 e. The molecule has 1 aliphatic rings. The SMILES string of the molecule is O=C(NCc1ccc(F)cc1)C1CC(=O)N(Cc2ccccc2Cl)C1. The Hall–Kier alpha value is -2.40. The highest BCUT2D eigenvalue weighted by molar-refractivity contribution is 6.31. The molecule has 2 aromatic rings. The minimum Gasteiger partial charge on any atom is -0.352 e. The normalized spacial score (nSPS) is 17.0. The molecule has 25 heavy (non-hydrogen) atoms. The van der Waals surface area contributed by atoms with Crippen molar-refractivity contribution in [3.8, 4) is 0 Å². The fourth-order valence-corrected chi connectivity index (χ4v) is 3.06. The van der Waals surface area contributed by atoms with Gasteiger partial charge in [0.2, 0.25) is 11.8 Å². The van der Waals surface area contributed by atoms with Crippen LogP contribution < -0.4 is 5.32 Å². The van der Waals surface area contributed by atoms with Crippen molar-refractivity contribution in [2.24, 2.45) is 5.92 Å². The van der Waals surface area contributed by atoms with Gasteiger partial charge in [-0.25, -0.2) is 4.39 Å². The first-order valence-corrected chi connectivity index (χ1v) is 8.44. The first kappa shape index (κ1) is 17.4. The predicted molar refractivity (Wildman–Crippen MR) is 93.2 cm³/mol. The number of amides is 2. The topological polar surface area (TPSA) is 49.4 Å². The van der Waals surface area contributed by atoms with Crippen LogP contribution in [0.1, 0.15) is 17.5 Å². The van der Waals surface area contributed by atoms with Gasteiger partial charge in [-0.2, -0.15) is 0 Å². The molecule has 2 amide bonds. The van der Waals surface area contributed by atoms with Crippen LogP contribution in [-0.4, -0.2) is 23.3 Å². The summed E-state index contributed by atoms with van der Waals surface area (Å²) in [5.41, 5.74) is 1.68. The van der Waals surface area contributed by atoms with Gasteiger partial charge in [-0.05, 0) is 29.3 Å². The fourth-order valence-electron chi connectivity index (χ4n) is 2.87. The van der Waals surface area contributed by atoms with Crippen molar-refractivity contribution >= 4 is 23.4 Å². The van der Waals surface area contributed by atoms with Crippen molar-refractivity contribution in [3.05, 3.63) is 70.5 Å². The highest BCUT2D eigenvalue weighted by atomic mass is 35.5. The number of benzene rings is 2. The molecule has 1 atom stereocenters. The molecule has 0 radical (unpaired) electrons. The van der Waals surface area contributed by atoms with E-state index in [9.17, 15) is 14.0 Å². The lowest BCUT2D eigenvalue weighted by atomic mass is 10.1. The van der Waals surface area contributed by atoms with E-state index in [-0.39, 0.29) is 30.0 Å². The molecule has 0 bridgehead atoms. The molecule has 1 unspecified atom stereocenters. The molecule has 130 valence electrons. The molecular weight excluding hydrogens is 343 g/mol. The number of likely N-dealkylation sites (tertiary alicyclic amines) is 1. The third-order valence-corrected chi connectivity index (χ3v) is 4.65. The number of nitrogens with one attached hydrogen (secondary N) is 1. The van der Waals surface area contributed by atoms with Gasteiger partial charge in [-0.1, -0.05) is 41.9 Å². The van der Waals surface area contributed by atoms with Gasteiger partial charge in [-0.15, -0.1) is 0 Å². The molecule has 1 fully saturated rings. The summed E-state index contributed by atoms with van der Waals surface area (Å²) in [5, 5.41) is 3.42. The van der Waals surface area contributed by atoms with Crippen molar-refractivity contribution in [3.63, 3.8) is 0 Å². The maximum atomic E-state index is 12.9. The second-order valence-electron chi connectivity index (χ2n) is 6.11. The maximum absolute atomic E-state index is 12.9. The summed E-state index contributed by atoms with van der Waals surface area (Å²) in [6, 6.07) is 13.3. The molecule has 2 aromatic carbocycles. The zero-order valence-corrected chi connectivity index (χ0v) is 14.3. The Balaban J connectivity index is 1.55. The minimum absolute atomic E-state index is 0.0538. The van der Waals surface area contributed by atoms with Gasteiger partial charge in [0, 0.05) is 31.1 Å². The van der Waals surface area contributed by atoms with E-state index in [1.807, 2.05) is 18.2 Å². The third kappa shape index (κ3) is 4.37. The number of carbonyl (C=O) groups excluding carboxylic acids is 2. The van der Waals surface area contributed by atoms with Crippen LogP contribution >= 0.6 is 11.6 Å². The molecule has 6 heteroatoms. The Bertz CT molecular complexity index is 779. The van der Waals surface area contributed by atoms with Crippen LogP contribution in [-0.2, 0) is 22.7 Å². The lowest BCUT2D eigenvalue weighted by molar-refractivity contribution is -0.129. The van der Waals surface area contributed by atoms with E-state index in [4.69, 9.17) is 11.6 Å². The summed E-state index contributed by atoms with van der Waals surface area (Å²) in [7, 11) is 0. The summed E-state index contributed by atoms with van der Waals surface area (Å²) in [4.78, 5) is 26.1. The van der Waals surface area contributed by atoms with Crippen LogP contribution in [0.4, 0.5) is 4.39 Å². The van der Waals surface area contributed by atoms with Crippen molar-refractivity contribution in [2.75, 3.05) is 6.54 Å². The summed E-state index contributed by atoms with van der Waals surface area (Å²) in [6.07, 6.45) is 0.194. The van der Waals surface area contributed by atoms with Crippen molar-refractivity contribution < 1.29 is 14.0 Å². The highest BCUT2D eigenvalue weighted by Crippen LogP contribution is 2.23. The van der Waals surface area contributed by atoms with Crippen molar-refractivity contribution in [1.82, 2.24) is 10.2 Å². The third-order valence-electron chi connectivity index (χ3n) is 4.28. The lowest BCUT2D eigenvalue weighted by Gasteiger charge is -2.17. The standard InChI is InChI=1S/C19H18ClFN2O2/c20-17-4-2-1-3-14(17)11-23-12-15(9-18(23)24)19(25)22-10-13-5-7-16(21)8-6-13/h1-8,15H,9-12H2,(H,22,25). The quantitative estimate of drug-likeness (QED) is 0.890. The van der Waals surface area contributed by atoms with Gasteiger partial charge < -0.3 is 10.2 Å². The van der Waals surface area contributed by atoms with Gasteiger partial charge in [0.1, 0.15) is 5.82 Å². The van der Waals surface area contributed by atoms with Crippen LogP contribution in [0.25, 0.3) is 0 Å². The van der Waals surface area contributed by atoms with Crippen LogP contribution in [0, 0.1) is 11.7 Å². The summed E-state index contributed by atoms with van der Waals surface area (Å²) < 4.78 is 12.9. The number of halogens is 2. The van der Waals surface area contributed by atoms with Crippen LogP contribution in [0.15, 0.2) is 48.5 Å². The van der Waals surface area contributed by atoms with E-state index in [0.717, 1.165) is 11.1 Å². The van der Waals surface area contributed by atoms with Crippen molar-refractivity contribution in [2.45, 2.75) is 19.5 Å². The van der Waals surface area contributed by atoms with Crippen LogP contribution in [0.5, 0.6) is 0 Å². The van der Waals surface area contributed by atoms with Crippen LogP contribution in [0.2, 0.25) is 5.02 Å². The van der Waals surface area contributed by atoms with Gasteiger partial charge >= 0.3 is 0 Å². The average molecular weight is 361 g/mol. The molecular formula is C19H18ClFN2O2. The number of carbonyl (C=O) groups is 2. The molecule has 3 rings (SSSR count). The number of hydrogen-bond donors (Lipinski definition) is 1. The lowest BCUT2D eigenvalue weighted by Crippen LogP contribution is -2.32. The number of nitrogens with zero attached hydrogens (tertiary/aromatic N) is 1. The Labute approximate surface area is 150 Å². The first-order valence-electron chi connectivity index (χ1n) is 8.06. The molecule has 0 spiro atoms. The van der Waals surface area contributed by atoms with Gasteiger partial charge in [0.05, 0.1) is 5.92 Å². The largest absolute Gasteiger partial charge is 0.352 e. The van der Waals surface area contributed by atoms with E-state index < -0.39 is 0 Å². The molecule has 1 saturated heterocycles. The molecule has 1 N–H and O–H groups in total. The van der Waals surface area contributed by atoms with E-state index in [1.54, 1.807) is 23.1 Å². The maximum Gasteiger partial charge on any atom is 0.225 e. The van der Waals surface area contributed by atoms with Gasteiger partial charge in [-0.3, -0.25) is 9.59 Å². The monoisotopic (exact) mass is 360 g/mol.